The van der Waals surface area contributed by atoms with Crippen molar-refractivity contribution >= 4 is 27.8 Å². The summed E-state index contributed by atoms with van der Waals surface area (Å²) in [6.07, 6.45) is 1.53. The topological polar surface area (TPSA) is 87.6 Å². The van der Waals surface area contributed by atoms with E-state index in [2.05, 4.69) is 15.2 Å². The molecule has 0 heterocycles. The Bertz CT molecular complexity index is 1200. The van der Waals surface area contributed by atoms with Gasteiger partial charge in [-0.1, -0.05) is 53.6 Å². The van der Waals surface area contributed by atoms with Gasteiger partial charge in [-0.3, -0.25) is 9.52 Å². The number of carbonyl (C=O) groups excluding carboxylic acids is 1. The molecule has 0 spiro atoms. The Kier molecular flexibility index (Phi) is 6.32. The van der Waals surface area contributed by atoms with Crippen molar-refractivity contribution in [2.24, 2.45) is 5.10 Å². The molecule has 154 valence electrons. The summed E-state index contributed by atoms with van der Waals surface area (Å²) in [5.41, 5.74) is 6.94. The summed E-state index contributed by atoms with van der Waals surface area (Å²) in [7, 11) is -3.84. The Morgan fingerprint density at radius 2 is 1.60 bits per heavy atom. The molecule has 3 aromatic rings. The fourth-order valence-corrected chi connectivity index (χ4v) is 4.00. The second-order valence-corrected chi connectivity index (χ2v) is 8.74. The van der Waals surface area contributed by atoms with Gasteiger partial charge in [-0.05, 0) is 56.2 Å². The molecule has 30 heavy (non-hydrogen) atoms. The van der Waals surface area contributed by atoms with E-state index in [0.29, 0.717) is 5.69 Å². The Morgan fingerprint density at radius 3 is 2.30 bits per heavy atom. The number of benzene rings is 3. The van der Waals surface area contributed by atoms with Gasteiger partial charge in [0.15, 0.2) is 0 Å². The average molecular weight is 422 g/mol. The molecule has 2 N–H and O–H groups in total. The van der Waals surface area contributed by atoms with Crippen LogP contribution < -0.4 is 10.1 Å². The summed E-state index contributed by atoms with van der Waals surface area (Å²) < 4.78 is 28.1. The first-order valence-electron chi connectivity index (χ1n) is 9.35. The smallest absolute Gasteiger partial charge is 0.271 e. The third-order valence-corrected chi connectivity index (χ3v) is 5.85. The lowest BCUT2D eigenvalue weighted by atomic mass is 10.1. The van der Waals surface area contributed by atoms with Crippen molar-refractivity contribution < 1.29 is 13.2 Å². The molecule has 0 atom stereocenters. The second-order valence-electron chi connectivity index (χ2n) is 7.06. The van der Waals surface area contributed by atoms with Crippen LogP contribution in [-0.2, 0) is 10.0 Å². The molecular weight excluding hydrogens is 398 g/mol. The van der Waals surface area contributed by atoms with Gasteiger partial charge in [-0.2, -0.15) is 5.10 Å². The van der Waals surface area contributed by atoms with Gasteiger partial charge in [0.25, 0.3) is 15.9 Å². The van der Waals surface area contributed by atoms with Crippen molar-refractivity contribution in [1.29, 1.82) is 0 Å². The highest BCUT2D eigenvalue weighted by atomic mass is 32.2. The predicted octanol–water partition coefficient (Wildman–Crippen LogP) is 4.18. The molecule has 0 unspecified atom stereocenters. The minimum absolute atomic E-state index is 0.00219. The third kappa shape index (κ3) is 5.33. The molecular formula is C23H23N3O3S. The Balaban J connectivity index is 1.74. The molecule has 0 aliphatic heterocycles. The van der Waals surface area contributed by atoms with Gasteiger partial charge >= 0.3 is 0 Å². The Hall–Kier alpha value is -3.45. The van der Waals surface area contributed by atoms with E-state index in [0.717, 1.165) is 22.3 Å². The standard InChI is InChI=1S/C23H23N3O3S/c1-16-7-10-19(11-8-16)15-24-25-23(27)20-5-4-6-21(14-20)30(28,29)26-22-12-9-17(2)13-18(22)3/h4-15,26H,1-3H3,(H,25,27)/b24-15-. The lowest BCUT2D eigenvalue weighted by Crippen LogP contribution is -2.19. The van der Waals surface area contributed by atoms with E-state index in [1.807, 2.05) is 57.2 Å². The first kappa shape index (κ1) is 21.3. The van der Waals surface area contributed by atoms with E-state index in [9.17, 15) is 13.2 Å². The maximum absolute atomic E-state index is 12.8. The van der Waals surface area contributed by atoms with Crippen molar-refractivity contribution in [2.45, 2.75) is 25.7 Å². The maximum atomic E-state index is 12.8. The summed E-state index contributed by atoms with van der Waals surface area (Å²) in [4.78, 5) is 12.4. The molecule has 0 aliphatic carbocycles. The fourth-order valence-electron chi connectivity index (χ4n) is 2.82. The minimum atomic E-state index is -3.84. The van der Waals surface area contributed by atoms with Crippen LogP contribution in [0, 0.1) is 20.8 Å². The van der Waals surface area contributed by atoms with Gasteiger partial charge in [-0.15, -0.1) is 0 Å². The van der Waals surface area contributed by atoms with Crippen LogP contribution in [0.25, 0.3) is 0 Å². The van der Waals surface area contributed by atoms with Crippen LogP contribution in [0.2, 0.25) is 0 Å². The molecule has 0 radical (unpaired) electrons. The lowest BCUT2D eigenvalue weighted by Gasteiger charge is -2.12. The summed E-state index contributed by atoms with van der Waals surface area (Å²) in [6.45, 7) is 5.76. The van der Waals surface area contributed by atoms with Gasteiger partial charge in [0, 0.05) is 5.56 Å². The summed E-state index contributed by atoms with van der Waals surface area (Å²) >= 11 is 0. The lowest BCUT2D eigenvalue weighted by molar-refractivity contribution is 0.0955. The summed E-state index contributed by atoms with van der Waals surface area (Å²) in [6, 6.07) is 18.9. The van der Waals surface area contributed by atoms with Crippen LogP contribution in [0.5, 0.6) is 0 Å². The number of anilines is 1. The molecule has 0 saturated heterocycles. The van der Waals surface area contributed by atoms with Crippen molar-refractivity contribution in [2.75, 3.05) is 4.72 Å². The normalized spacial score (nSPS) is 11.4. The molecule has 1 amide bonds. The molecule has 0 aromatic heterocycles. The number of nitrogens with one attached hydrogen (secondary N) is 2. The highest BCUT2D eigenvalue weighted by Gasteiger charge is 2.17. The second kappa shape index (κ2) is 8.92. The van der Waals surface area contributed by atoms with Gasteiger partial charge in [0.2, 0.25) is 0 Å². The highest BCUT2D eigenvalue weighted by molar-refractivity contribution is 7.92. The number of hydrazone groups is 1. The largest absolute Gasteiger partial charge is 0.279 e. The number of carbonyl (C=O) groups is 1. The van der Waals surface area contributed by atoms with Crippen LogP contribution in [0.15, 0.2) is 76.7 Å². The molecule has 0 saturated carbocycles. The number of aryl methyl sites for hydroxylation is 3. The van der Waals surface area contributed by atoms with Crippen LogP contribution in [-0.4, -0.2) is 20.5 Å². The highest BCUT2D eigenvalue weighted by Crippen LogP contribution is 2.21. The predicted molar refractivity (Wildman–Crippen MR) is 119 cm³/mol. The van der Waals surface area contributed by atoms with E-state index in [4.69, 9.17) is 0 Å². The molecule has 0 fully saturated rings. The number of amides is 1. The van der Waals surface area contributed by atoms with E-state index in [1.165, 1.54) is 30.5 Å². The molecule has 0 bridgehead atoms. The van der Waals surface area contributed by atoms with Crippen LogP contribution in [0.4, 0.5) is 5.69 Å². The van der Waals surface area contributed by atoms with Crippen LogP contribution in [0.3, 0.4) is 0 Å². The fraction of sp³-hybridized carbons (Fsp3) is 0.130. The van der Waals surface area contributed by atoms with E-state index < -0.39 is 15.9 Å². The minimum Gasteiger partial charge on any atom is -0.279 e. The SMILES string of the molecule is Cc1ccc(/C=N\NC(=O)c2cccc(S(=O)(=O)Nc3ccc(C)cc3C)c2)cc1. The number of sulfonamides is 1. The first-order chi connectivity index (χ1) is 14.2. The summed E-state index contributed by atoms with van der Waals surface area (Å²) in [5.74, 6) is -0.498. The number of hydrogen-bond acceptors (Lipinski definition) is 4. The quantitative estimate of drug-likeness (QED) is 0.462. The third-order valence-electron chi connectivity index (χ3n) is 4.49. The van der Waals surface area contributed by atoms with Crippen molar-refractivity contribution in [3.05, 3.63) is 94.5 Å². The van der Waals surface area contributed by atoms with Gasteiger partial charge in [0.05, 0.1) is 16.8 Å². The zero-order chi connectivity index (χ0) is 21.7. The molecule has 0 aliphatic rings. The maximum Gasteiger partial charge on any atom is 0.271 e. The van der Waals surface area contributed by atoms with E-state index >= 15 is 0 Å². The molecule has 7 heteroatoms. The Morgan fingerprint density at radius 1 is 0.900 bits per heavy atom. The Labute approximate surface area is 176 Å². The number of hydrogen-bond donors (Lipinski definition) is 2. The van der Waals surface area contributed by atoms with Crippen molar-refractivity contribution in [1.82, 2.24) is 5.43 Å². The zero-order valence-corrected chi connectivity index (χ0v) is 17.8. The van der Waals surface area contributed by atoms with Gasteiger partial charge < -0.3 is 0 Å². The first-order valence-corrected chi connectivity index (χ1v) is 10.8. The van der Waals surface area contributed by atoms with Gasteiger partial charge in [-0.25, -0.2) is 13.8 Å². The zero-order valence-electron chi connectivity index (χ0n) is 17.0. The van der Waals surface area contributed by atoms with Crippen LogP contribution >= 0.6 is 0 Å². The van der Waals surface area contributed by atoms with Crippen molar-refractivity contribution in [3.63, 3.8) is 0 Å². The van der Waals surface area contributed by atoms with Crippen LogP contribution in [0.1, 0.15) is 32.6 Å². The molecule has 3 aromatic carbocycles. The average Bonchev–Trinajstić information content (AvgIpc) is 2.71. The molecule has 3 rings (SSSR count). The van der Waals surface area contributed by atoms with Gasteiger partial charge in [0.1, 0.15) is 0 Å². The monoisotopic (exact) mass is 421 g/mol. The van der Waals surface area contributed by atoms with E-state index in [-0.39, 0.29) is 10.5 Å². The number of nitrogens with zero attached hydrogens (tertiary/aromatic N) is 1. The summed E-state index contributed by atoms with van der Waals surface area (Å²) in [5, 5.41) is 3.94. The molecule has 6 nitrogen and oxygen atoms in total. The number of rotatable bonds is 6. The van der Waals surface area contributed by atoms with Crippen molar-refractivity contribution in [3.8, 4) is 0 Å². The van der Waals surface area contributed by atoms with E-state index in [1.54, 1.807) is 6.07 Å².